The number of aldehydes is 1. The van der Waals surface area contributed by atoms with Gasteiger partial charge in [0.1, 0.15) is 6.29 Å². The molecule has 1 unspecified atom stereocenters. The summed E-state index contributed by atoms with van der Waals surface area (Å²) in [7, 11) is 0. The average molecular weight is 265 g/mol. The summed E-state index contributed by atoms with van der Waals surface area (Å²) < 4.78 is 0. The molecule has 0 radical (unpaired) electrons. The second kappa shape index (κ2) is 5.59. The number of carbonyl (C=O) groups excluding carboxylic acids is 1. The molecule has 2 aromatic rings. The van der Waals surface area contributed by atoms with E-state index in [2.05, 4.69) is 54.3 Å². The molecule has 0 N–H and O–H groups in total. The monoisotopic (exact) mass is 265 g/mol. The third-order valence-corrected chi connectivity index (χ3v) is 4.07. The highest BCUT2D eigenvalue weighted by molar-refractivity contribution is 5.63. The van der Waals surface area contributed by atoms with E-state index in [1.54, 1.807) is 0 Å². The predicted molar refractivity (Wildman–Crippen MR) is 80.5 cm³/mol. The van der Waals surface area contributed by atoms with Gasteiger partial charge in [-0.05, 0) is 30.0 Å². The summed E-state index contributed by atoms with van der Waals surface area (Å²) in [6.07, 6.45) is 2.10. The molecule has 0 bridgehead atoms. The maximum Gasteiger partial charge on any atom is 0.141 e. The highest BCUT2D eigenvalue weighted by atomic mass is 16.1. The fourth-order valence-corrected chi connectivity index (χ4v) is 2.92. The molecule has 2 nitrogen and oxygen atoms in total. The number of nitrogens with zero attached hydrogens (tertiary/aromatic N) is 1. The van der Waals surface area contributed by atoms with Crippen LogP contribution in [-0.4, -0.2) is 17.7 Å². The molecule has 1 atom stereocenters. The van der Waals surface area contributed by atoms with Gasteiger partial charge in [0.25, 0.3) is 0 Å². The van der Waals surface area contributed by atoms with Gasteiger partial charge in [0.05, 0.1) is 6.04 Å². The zero-order valence-electron chi connectivity index (χ0n) is 11.8. The van der Waals surface area contributed by atoms with Crippen molar-refractivity contribution < 1.29 is 4.79 Å². The molecule has 0 fully saturated rings. The molecular formula is C18H19NO. The predicted octanol–water partition coefficient (Wildman–Crippen LogP) is 3.29. The highest BCUT2D eigenvalue weighted by Crippen LogP contribution is 2.29. The third-order valence-electron chi connectivity index (χ3n) is 4.07. The molecule has 0 amide bonds. The van der Waals surface area contributed by atoms with E-state index in [1.165, 1.54) is 22.3 Å². The molecule has 20 heavy (non-hydrogen) atoms. The highest BCUT2D eigenvalue weighted by Gasteiger charge is 2.26. The molecule has 2 aromatic carbocycles. The Morgan fingerprint density at radius 3 is 2.65 bits per heavy atom. The number of rotatable bonds is 3. The van der Waals surface area contributed by atoms with Crippen molar-refractivity contribution in [2.75, 3.05) is 6.54 Å². The zero-order chi connectivity index (χ0) is 13.9. The van der Waals surface area contributed by atoms with E-state index < -0.39 is 0 Å². The summed E-state index contributed by atoms with van der Waals surface area (Å²) in [6, 6.07) is 16.7. The van der Waals surface area contributed by atoms with Gasteiger partial charge in [-0.3, -0.25) is 4.90 Å². The first-order chi connectivity index (χ1) is 9.78. The Bertz CT molecular complexity index is 603. The van der Waals surface area contributed by atoms with Crippen molar-refractivity contribution in [2.45, 2.75) is 25.9 Å². The molecule has 0 spiro atoms. The molecule has 0 aliphatic carbocycles. The summed E-state index contributed by atoms with van der Waals surface area (Å²) in [6.45, 7) is 3.86. The van der Waals surface area contributed by atoms with Gasteiger partial charge < -0.3 is 4.79 Å². The topological polar surface area (TPSA) is 20.3 Å². The lowest BCUT2D eigenvalue weighted by Gasteiger charge is -2.34. The zero-order valence-corrected chi connectivity index (χ0v) is 11.8. The van der Waals surface area contributed by atoms with Crippen molar-refractivity contribution >= 4 is 6.29 Å². The lowest BCUT2D eigenvalue weighted by atomic mass is 9.93. The van der Waals surface area contributed by atoms with E-state index in [-0.39, 0.29) is 6.04 Å². The molecule has 0 aromatic heterocycles. The average Bonchev–Trinajstić information content (AvgIpc) is 2.49. The number of benzene rings is 2. The molecule has 2 heteroatoms. The summed E-state index contributed by atoms with van der Waals surface area (Å²) in [5, 5.41) is 0. The van der Waals surface area contributed by atoms with Gasteiger partial charge in [0, 0.05) is 13.1 Å². The van der Waals surface area contributed by atoms with Crippen LogP contribution in [0.4, 0.5) is 0 Å². The van der Waals surface area contributed by atoms with Crippen LogP contribution in [0.5, 0.6) is 0 Å². The van der Waals surface area contributed by atoms with Crippen LogP contribution in [0.1, 0.15) is 28.3 Å². The Balaban J connectivity index is 1.84. The van der Waals surface area contributed by atoms with Gasteiger partial charge in [0.2, 0.25) is 0 Å². The van der Waals surface area contributed by atoms with Crippen molar-refractivity contribution in [1.29, 1.82) is 0 Å². The number of hydrogen-bond acceptors (Lipinski definition) is 2. The van der Waals surface area contributed by atoms with Crippen LogP contribution in [0.15, 0.2) is 48.5 Å². The van der Waals surface area contributed by atoms with Crippen LogP contribution in [-0.2, 0) is 17.8 Å². The Hall–Kier alpha value is -1.93. The first-order valence-electron chi connectivity index (χ1n) is 7.10. The second-order valence-electron chi connectivity index (χ2n) is 5.49. The van der Waals surface area contributed by atoms with Crippen LogP contribution in [0.25, 0.3) is 0 Å². The van der Waals surface area contributed by atoms with E-state index in [0.29, 0.717) is 0 Å². The van der Waals surface area contributed by atoms with Gasteiger partial charge >= 0.3 is 0 Å². The Labute approximate surface area is 120 Å². The van der Waals surface area contributed by atoms with Crippen molar-refractivity contribution in [3.05, 3.63) is 70.8 Å². The number of hydrogen-bond donors (Lipinski definition) is 0. The first-order valence-corrected chi connectivity index (χ1v) is 7.10. The lowest BCUT2D eigenvalue weighted by Crippen LogP contribution is -2.35. The minimum Gasteiger partial charge on any atom is -0.301 e. The van der Waals surface area contributed by atoms with Crippen LogP contribution in [0.2, 0.25) is 0 Å². The molecular weight excluding hydrogens is 246 g/mol. The third kappa shape index (κ3) is 2.52. The van der Waals surface area contributed by atoms with Crippen LogP contribution in [0, 0.1) is 6.92 Å². The molecule has 3 rings (SSSR count). The Morgan fingerprint density at radius 2 is 1.90 bits per heavy atom. The van der Waals surface area contributed by atoms with Crippen LogP contribution >= 0.6 is 0 Å². The van der Waals surface area contributed by atoms with Crippen molar-refractivity contribution in [2.24, 2.45) is 0 Å². The van der Waals surface area contributed by atoms with E-state index >= 15 is 0 Å². The van der Waals surface area contributed by atoms with E-state index in [1.807, 2.05) is 6.07 Å². The molecule has 1 aliphatic rings. The fourth-order valence-electron chi connectivity index (χ4n) is 2.92. The summed E-state index contributed by atoms with van der Waals surface area (Å²) in [4.78, 5) is 13.8. The molecule has 0 saturated heterocycles. The van der Waals surface area contributed by atoms with Crippen molar-refractivity contribution in [1.82, 2.24) is 4.90 Å². The smallest absolute Gasteiger partial charge is 0.141 e. The van der Waals surface area contributed by atoms with Gasteiger partial charge in [-0.15, -0.1) is 0 Å². The van der Waals surface area contributed by atoms with Crippen molar-refractivity contribution in [3.63, 3.8) is 0 Å². The maximum atomic E-state index is 11.5. The minimum absolute atomic E-state index is 0.110. The van der Waals surface area contributed by atoms with E-state index in [9.17, 15) is 4.79 Å². The quantitative estimate of drug-likeness (QED) is 0.794. The first kappa shape index (κ1) is 13.1. The fraction of sp³-hybridized carbons (Fsp3) is 0.278. The normalized spacial score (nSPS) is 18.6. The Kier molecular flexibility index (Phi) is 3.66. The Morgan fingerprint density at radius 1 is 1.15 bits per heavy atom. The minimum atomic E-state index is -0.110. The van der Waals surface area contributed by atoms with Gasteiger partial charge in [-0.1, -0.05) is 54.1 Å². The van der Waals surface area contributed by atoms with Crippen molar-refractivity contribution in [3.8, 4) is 0 Å². The van der Waals surface area contributed by atoms with E-state index in [4.69, 9.17) is 0 Å². The van der Waals surface area contributed by atoms with Gasteiger partial charge in [-0.25, -0.2) is 0 Å². The summed E-state index contributed by atoms with van der Waals surface area (Å²) in [5.41, 5.74) is 5.01. The van der Waals surface area contributed by atoms with Crippen LogP contribution in [0.3, 0.4) is 0 Å². The molecule has 1 heterocycles. The second-order valence-corrected chi connectivity index (χ2v) is 5.49. The molecule has 1 aliphatic heterocycles. The number of aryl methyl sites for hydroxylation is 1. The summed E-state index contributed by atoms with van der Waals surface area (Å²) in [5.74, 6) is 0. The standard InChI is InChI=1S/C18H19NO/c1-14-6-8-15(9-7-14)12-19-11-10-16-4-2-3-5-17(16)18(19)13-20/h2-9,13,18H,10-12H2,1H3. The SMILES string of the molecule is Cc1ccc(CN2CCc3ccccc3C2C=O)cc1. The molecule has 0 saturated carbocycles. The number of carbonyl (C=O) groups is 1. The van der Waals surface area contributed by atoms with Crippen LogP contribution < -0.4 is 0 Å². The number of fused-ring (bicyclic) bond motifs is 1. The van der Waals surface area contributed by atoms with Gasteiger partial charge in [0.15, 0.2) is 0 Å². The largest absolute Gasteiger partial charge is 0.301 e. The lowest BCUT2D eigenvalue weighted by molar-refractivity contribution is -0.113. The summed E-state index contributed by atoms with van der Waals surface area (Å²) >= 11 is 0. The molecule has 102 valence electrons. The maximum absolute atomic E-state index is 11.5. The van der Waals surface area contributed by atoms with E-state index in [0.717, 1.165) is 25.8 Å². The van der Waals surface area contributed by atoms with Gasteiger partial charge in [-0.2, -0.15) is 0 Å².